The average Bonchev–Trinajstić information content (AvgIpc) is 2.83. The second kappa shape index (κ2) is 7.62. The minimum Gasteiger partial charge on any atom is -0.342 e. The zero-order chi connectivity index (χ0) is 14.4. The Balaban J connectivity index is 2.73. The molecule has 1 aromatic rings. The van der Waals surface area contributed by atoms with Crippen molar-refractivity contribution in [2.45, 2.75) is 32.9 Å². The van der Waals surface area contributed by atoms with E-state index in [1.807, 2.05) is 44.2 Å². The van der Waals surface area contributed by atoms with Gasteiger partial charge in [-0.2, -0.15) is 0 Å². The van der Waals surface area contributed by atoms with Gasteiger partial charge in [-0.25, -0.2) is 0 Å². The fourth-order valence-electron chi connectivity index (χ4n) is 2.33. The van der Waals surface area contributed by atoms with Crippen LogP contribution in [0.15, 0.2) is 17.5 Å². The number of nitrogens with two attached hydrogens (primary N) is 1. The molecule has 0 aliphatic rings. The summed E-state index contributed by atoms with van der Waals surface area (Å²) in [6, 6.07) is 4.19. The molecule has 0 radical (unpaired) electrons. The molecule has 5 heteroatoms. The van der Waals surface area contributed by atoms with Crippen LogP contribution in [-0.2, 0) is 4.79 Å². The summed E-state index contributed by atoms with van der Waals surface area (Å²) in [5, 5.41) is 2.05. The van der Waals surface area contributed by atoms with Gasteiger partial charge in [0.05, 0.1) is 12.6 Å². The molecule has 0 aromatic carbocycles. The van der Waals surface area contributed by atoms with Crippen LogP contribution in [0.3, 0.4) is 0 Å². The van der Waals surface area contributed by atoms with E-state index in [4.69, 9.17) is 5.73 Å². The van der Waals surface area contributed by atoms with Crippen LogP contribution in [0, 0.1) is 0 Å². The van der Waals surface area contributed by atoms with Gasteiger partial charge in [0.25, 0.3) is 0 Å². The van der Waals surface area contributed by atoms with Gasteiger partial charge in [0.15, 0.2) is 0 Å². The van der Waals surface area contributed by atoms with Gasteiger partial charge in [-0.1, -0.05) is 6.07 Å². The molecular formula is C14H25N3OS. The van der Waals surface area contributed by atoms with E-state index in [0.717, 1.165) is 13.1 Å². The van der Waals surface area contributed by atoms with Crippen molar-refractivity contribution in [1.82, 2.24) is 9.80 Å². The van der Waals surface area contributed by atoms with Crippen molar-refractivity contribution < 1.29 is 4.79 Å². The number of carbonyl (C=O) groups is 1. The van der Waals surface area contributed by atoms with E-state index in [1.165, 1.54) is 4.88 Å². The quantitative estimate of drug-likeness (QED) is 0.832. The maximum absolute atomic E-state index is 12.2. The normalized spacial score (nSPS) is 14.4. The van der Waals surface area contributed by atoms with Crippen LogP contribution < -0.4 is 5.73 Å². The maximum atomic E-state index is 12.2. The van der Waals surface area contributed by atoms with Crippen molar-refractivity contribution in [3.63, 3.8) is 0 Å². The Morgan fingerprint density at radius 3 is 2.47 bits per heavy atom. The highest BCUT2D eigenvalue weighted by molar-refractivity contribution is 7.10. The smallest absolute Gasteiger partial charge is 0.236 e. The van der Waals surface area contributed by atoms with Gasteiger partial charge < -0.3 is 10.6 Å². The predicted molar refractivity (Wildman–Crippen MR) is 81.3 cm³/mol. The zero-order valence-corrected chi connectivity index (χ0v) is 13.1. The van der Waals surface area contributed by atoms with E-state index < -0.39 is 0 Å². The number of carbonyl (C=O) groups excluding carboxylic acids is 1. The number of thiophene rings is 1. The third kappa shape index (κ3) is 4.30. The monoisotopic (exact) mass is 283 g/mol. The van der Waals surface area contributed by atoms with E-state index in [-0.39, 0.29) is 18.0 Å². The first-order chi connectivity index (χ1) is 9.01. The van der Waals surface area contributed by atoms with Gasteiger partial charge in [-0.05, 0) is 39.3 Å². The molecule has 0 saturated heterocycles. The number of amides is 1. The Hall–Kier alpha value is -0.910. The first-order valence-electron chi connectivity index (χ1n) is 6.78. The number of rotatable bonds is 7. The molecule has 0 spiro atoms. The molecule has 1 aromatic heterocycles. The van der Waals surface area contributed by atoms with Crippen molar-refractivity contribution >= 4 is 17.2 Å². The first-order valence-corrected chi connectivity index (χ1v) is 7.66. The van der Waals surface area contributed by atoms with Gasteiger partial charge in [-0.3, -0.25) is 9.69 Å². The summed E-state index contributed by atoms with van der Waals surface area (Å²) in [6.07, 6.45) is 0. The molecule has 0 fully saturated rings. The van der Waals surface area contributed by atoms with Gasteiger partial charge in [0.2, 0.25) is 5.91 Å². The molecule has 2 unspecified atom stereocenters. The number of nitrogens with zero attached hydrogens (tertiary/aromatic N) is 2. The molecule has 0 aliphatic heterocycles. The minimum atomic E-state index is -0.00634. The molecule has 4 nitrogen and oxygen atoms in total. The highest BCUT2D eigenvalue weighted by atomic mass is 32.1. The molecule has 1 amide bonds. The maximum Gasteiger partial charge on any atom is 0.236 e. The van der Waals surface area contributed by atoms with Gasteiger partial charge in [0.1, 0.15) is 0 Å². The van der Waals surface area contributed by atoms with Crippen LogP contribution in [0.1, 0.15) is 31.7 Å². The Morgan fingerprint density at radius 1 is 1.42 bits per heavy atom. The third-order valence-corrected chi connectivity index (χ3v) is 4.25. The van der Waals surface area contributed by atoms with Crippen LogP contribution in [0.5, 0.6) is 0 Å². The lowest BCUT2D eigenvalue weighted by Crippen LogP contribution is -2.43. The number of hydrogen-bond donors (Lipinski definition) is 1. The number of hydrogen-bond acceptors (Lipinski definition) is 4. The van der Waals surface area contributed by atoms with Crippen molar-refractivity contribution in [2.24, 2.45) is 5.73 Å². The van der Waals surface area contributed by atoms with E-state index >= 15 is 0 Å². The molecule has 0 saturated carbocycles. The SMILES string of the molecule is CCN(CC)C(=O)CN(C)C(c1cccs1)C(C)N. The van der Waals surface area contributed by atoms with E-state index in [2.05, 4.69) is 11.0 Å². The van der Waals surface area contributed by atoms with Crippen molar-refractivity contribution in [3.05, 3.63) is 22.4 Å². The highest BCUT2D eigenvalue weighted by Gasteiger charge is 2.24. The average molecular weight is 283 g/mol. The summed E-state index contributed by atoms with van der Waals surface area (Å²) >= 11 is 1.69. The van der Waals surface area contributed by atoms with Crippen molar-refractivity contribution in [2.75, 3.05) is 26.7 Å². The fourth-order valence-corrected chi connectivity index (χ4v) is 3.33. The molecule has 19 heavy (non-hydrogen) atoms. The Kier molecular flexibility index (Phi) is 6.48. The summed E-state index contributed by atoms with van der Waals surface area (Å²) in [5.41, 5.74) is 6.09. The fraction of sp³-hybridized carbons (Fsp3) is 0.643. The van der Waals surface area contributed by atoms with Gasteiger partial charge in [0, 0.05) is 24.0 Å². The van der Waals surface area contributed by atoms with E-state index in [0.29, 0.717) is 6.54 Å². The number of likely N-dealkylation sites (N-methyl/N-ethyl adjacent to an activating group) is 2. The molecule has 1 heterocycles. The van der Waals surface area contributed by atoms with Crippen molar-refractivity contribution in [3.8, 4) is 0 Å². The summed E-state index contributed by atoms with van der Waals surface area (Å²) in [5.74, 6) is 0.162. The van der Waals surface area contributed by atoms with Crippen molar-refractivity contribution in [1.29, 1.82) is 0 Å². The van der Waals surface area contributed by atoms with Gasteiger partial charge in [-0.15, -0.1) is 11.3 Å². The van der Waals surface area contributed by atoms with Crippen LogP contribution in [-0.4, -0.2) is 48.4 Å². The van der Waals surface area contributed by atoms with Crippen LogP contribution in [0.4, 0.5) is 0 Å². The second-order valence-corrected chi connectivity index (χ2v) is 5.78. The van der Waals surface area contributed by atoms with Gasteiger partial charge >= 0.3 is 0 Å². The predicted octanol–water partition coefficient (Wildman–Crippen LogP) is 1.94. The minimum absolute atomic E-state index is 0.00634. The Morgan fingerprint density at radius 2 is 2.05 bits per heavy atom. The van der Waals surface area contributed by atoms with Crippen LogP contribution >= 0.6 is 11.3 Å². The summed E-state index contributed by atoms with van der Waals surface area (Å²) < 4.78 is 0. The first kappa shape index (κ1) is 16.1. The lowest BCUT2D eigenvalue weighted by atomic mass is 10.1. The largest absolute Gasteiger partial charge is 0.342 e. The molecular weight excluding hydrogens is 258 g/mol. The summed E-state index contributed by atoms with van der Waals surface area (Å²) in [7, 11) is 1.97. The summed E-state index contributed by atoms with van der Waals surface area (Å²) in [6.45, 7) is 7.91. The highest BCUT2D eigenvalue weighted by Crippen LogP contribution is 2.26. The standard InChI is InChI=1S/C14H25N3OS/c1-5-17(6-2)13(18)10-16(4)14(11(3)15)12-8-7-9-19-12/h7-9,11,14H,5-6,10,15H2,1-4H3. The van der Waals surface area contributed by atoms with Crippen LogP contribution in [0.2, 0.25) is 0 Å². The topological polar surface area (TPSA) is 49.6 Å². The zero-order valence-electron chi connectivity index (χ0n) is 12.3. The Bertz CT molecular complexity index is 374. The lowest BCUT2D eigenvalue weighted by molar-refractivity contribution is -0.132. The molecule has 108 valence electrons. The third-order valence-electron chi connectivity index (χ3n) is 3.31. The second-order valence-electron chi connectivity index (χ2n) is 4.80. The Labute approximate surface area is 120 Å². The van der Waals surface area contributed by atoms with E-state index in [1.54, 1.807) is 11.3 Å². The molecule has 0 aliphatic carbocycles. The summed E-state index contributed by atoms with van der Waals surface area (Å²) in [4.78, 5) is 17.3. The molecule has 2 N–H and O–H groups in total. The van der Waals surface area contributed by atoms with E-state index in [9.17, 15) is 4.79 Å². The molecule has 2 atom stereocenters. The molecule has 1 rings (SSSR count). The van der Waals surface area contributed by atoms with Crippen LogP contribution in [0.25, 0.3) is 0 Å². The lowest BCUT2D eigenvalue weighted by Gasteiger charge is -2.31. The molecule has 0 bridgehead atoms.